The molecule has 1 aliphatic carbocycles. The van der Waals surface area contributed by atoms with Crippen molar-refractivity contribution in [3.63, 3.8) is 0 Å². The van der Waals surface area contributed by atoms with Gasteiger partial charge in [-0.3, -0.25) is 4.72 Å². The molecule has 0 spiro atoms. The largest absolute Gasteiger partial charge is 0.490 e. The average Bonchev–Trinajstić information content (AvgIpc) is 2.67. The van der Waals surface area contributed by atoms with Gasteiger partial charge in [-0.25, -0.2) is 0 Å². The molecular formula is C22H36N2O2S. The van der Waals surface area contributed by atoms with E-state index < -0.39 is 0 Å². The Morgan fingerprint density at radius 1 is 1.00 bits per heavy atom. The Kier molecular flexibility index (Phi) is 7.74. The second kappa shape index (κ2) is 10.0. The first-order valence-corrected chi connectivity index (χ1v) is 11.3. The van der Waals surface area contributed by atoms with E-state index in [9.17, 15) is 0 Å². The van der Waals surface area contributed by atoms with Crippen molar-refractivity contribution < 1.29 is 9.47 Å². The third-order valence-corrected chi connectivity index (χ3v) is 6.36. The van der Waals surface area contributed by atoms with Crippen molar-refractivity contribution in [1.82, 2.24) is 4.72 Å². The van der Waals surface area contributed by atoms with E-state index in [2.05, 4.69) is 55.1 Å². The molecule has 0 unspecified atom stereocenters. The van der Waals surface area contributed by atoms with E-state index in [1.54, 1.807) is 0 Å². The summed E-state index contributed by atoms with van der Waals surface area (Å²) < 4.78 is 15.4. The molecule has 1 aliphatic heterocycles. The fourth-order valence-electron chi connectivity index (χ4n) is 3.64. The van der Waals surface area contributed by atoms with Crippen molar-refractivity contribution in [2.45, 2.75) is 76.2 Å². The summed E-state index contributed by atoms with van der Waals surface area (Å²) in [6, 6.07) is 9.13. The van der Waals surface area contributed by atoms with Crippen LogP contribution in [0.1, 0.15) is 59.3 Å². The zero-order chi connectivity index (χ0) is 19.1. The highest BCUT2D eigenvalue weighted by molar-refractivity contribution is 7.98. The van der Waals surface area contributed by atoms with E-state index in [0.717, 1.165) is 44.3 Å². The predicted octanol–water partition coefficient (Wildman–Crippen LogP) is 5.25. The molecule has 1 heterocycles. The first kappa shape index (κ1) is 20.8. The molecule has 1 saturated heterocycles. The summed E-state index contributed by atoms with van der Waals surface area (Å²) >= 11 is 1.88. The first-order valence-electron chi connectivity index (χ1n) is 10.5. The van der Waals surface area contributed by atoms with Crippen LogP contribution in [0.25, 0.3) is 0 Å². The number of anilines is 1. The van der Waals surface area contributed by atoms with Gasteiger partial charge in [0.25, 0.3) is 0 Å². The Hall–Kier alpha value is -0.910. The third-order valence-electron chi connectivity index (χ3n) is 5.30. The van der Waals surface area contributed by atoms with E-state index >= 15 is 0 Å². The lowest BCUT2D eigenvalue weighted by Gasteiger charge is -2.31. The number of hydrogen-bond acceptors (Lipinski definition) is 5. The Balaban J connectivity index is 1.34. The number of hydrogen-bond donors (Lipinski definition) is 2. The van der Waals surface area contributed by atoms with Crippen molar-refractivity contribution in [3.8, 4) is 5.75 Å². The zero-order valence-electron chi connectivity index (χ0n) is 17.1. The lowest BCUT2D eigenvalue weighted by Crippen LogP contribution is -2.33. The Morgan fingerprint density at radius 2 is 1.67 bits per heavy atom. The van der Waals surface area contributed by atoms with Crippen LogP contribution in [0.4, 0.5) is 5.69 Å². The standard InChI is InChI=1S/C22H36N2O2S/c1-22(2,3)27-24-19-6-4-17(5-7-19)16-23-18-8-10-20(11-9-18)26-21-12-14-25-15-13-21/h8-11,17,19,21,23-24H,4-7,12-16H2,1-3H3/t17-,19-. The fraction of sp³-hybridized carbons (Fsp3) is 0.727. The van der Waals surface area contributed by atoms with E-state index in [-0.39, 0.29) is 0 Å². The third kappa shape index (κ3) is 7.55. The lowest BCUT2D eigenvalue weighted by atomic mass is 9.86. The van der Waals surface area contributed by atoms with Crippen LogP contribution in [0.2, 0.25) is 0 Å². The van der Waals surface area contributed by atoms with Crippen molar-refractivity contribution in [2.24, 2.45) is 5.92 Å². The van der Waals surface area contributed by atoms with Crippen LogP contribution in [0.15, 0.2) is 24.3 Å². The molecule has 1 aromatic carbocycles. The predicted molar refractivity (Wildman–Crippen MR) is 116 cm³/mol. The maximum atomic E-state index is 6.05. The molecular weight excluding hydrogens is 356 g/mol. The van der Waals surface area contributed by atoms with Crippen LogP contribution in [0.3, 0.4) is 0 Å². The second-order valence-electron chi connectivity index (χ2n) is 8.88. The lowest BCUT2D eigenvalue weighted by molar-refractivity contribution is 0.0256. The van der Waals surface area contributed by atoms with E-state index in [1.165, 1.54) is 31.4 Å². The molecule has 0 amide bonds. The Morgan fingerprint density at radius 3 is 2.30 bits per heavy atom. The molecule has 1 aromatic rings. The molecule has 2 aliphatic rings. The van der Waals surface area contributed by atoms with Gasteiger partial charge in [0.05, 0.1) is 13.2 Å². The number of nitrogens with one attached hydrogen (secondary N) is 2. The summed E-state index contributed by atoms with van der Waals surface area (Å²) in [7, 11) is 0. The van der Waals surface area contributed by atoms with Crippen LogP contribution >= 0.6 is 11.9 Å². The highest BCUT2D eigenvalue weighted by atomic mass is 32.2. The monoisotopic (exact) mass is 392 g/mol. The zero-order valence-corrected chi connectivity index (χ0v) is 17.9. The molecule has 27 heavy (non-hydrogen) atoms. The summed E-state index contributed by atoms with van der Waals surface area (Å²) in [5.41, 5.74) is 1.19. The Labute approximate surface area is 169 Å². The molecule has 152 valence electrons. The van der Waals surface area contributed by atoms with Crippen molar-refractivity contribution in [1.29, 1.82) is 0 Å². The van der Waals surface area contributed by atoms with Gasteiger partial charge in [-0.2, -0.15) is 0 Å². The molecule has 1 saturated carbocycles. The van der Waals surface area contributed by atoms with Crippen molar-refractivity contribution in [2.75, 3.05) is 25.1 Å². The maximum Gasteiger partial charge on any atom is 0.119 e. The van der Waals surface area contributed by atoms with E-state index in [1.807, 2.05) is 11.9 Å². The smallest absolute Gasteiger partial charge is 0.119 e. The molecule has 2 N–H and O–H groups in total. The highest BCUT2D eigenvalue weighted by Gasteiger charge is 2.22. The molecule has 0 aromatic heterocycles. The van der Waals surface area contributed by atoms with Gasteiger partial charge in [0, 0.05) is 35.9 Å². The minimum atomic E-state index is 0.291. The summed E-state index contributed by atoms with van der Waals surface area (Å²) in [5, 5.41) is 3.62. The number of benzene rings is 1. The molecule has 5 heteroatoms. The van der Waals surface area contributed by atoms with Gasteiger partial charge < -0.3 is 14.8 Å². The summed E-state index contributed by atoms with van der Waals surface area (Å²) in [4.78, 5) is 0. The normalized spacial score (nSPS) is 24.6. The van der Waals surface area contributed by atoms with Crippen LogP contribution in [0, 0.1) is 5.92 Å². The van der Waals surface area contributed by atoms with Gasteiger partial charge in [-0.05, 0) is 76.6 Å². The van der Waals surface area contributed by atoms with Gasteiger partial charge in [0.2, 0.25) is 0 Å². The van der Waals surface area contributed by atoms with Gasteiger partial charge in [0.15, 0.2) is 0 Å². The molecule has 0 bridgehead atoms. The molecule has 3 rings (SSSR count). The van der Waals surface area contributed by atoms with Crippen LogP contribution in [-0.4, -0.2) is 36.7 Å². The van der Waals surface area contributed by atoms with Gasteiger partial charge in [0.1, 0.15) is 11.9 Å². The highest BCUT2D eigenvalue weighted by Crippen LogP contribution is 2.29. The van der Waals surface area contributed by atoms with Crippen LogP contribution in [0.5, 0.6) is 5.75 Å². The first-order chi connectivity index (χ1) is 13.0. The van der Waals surface area contributed by atoms with Crippen molar-refractivity contribution >= 4 is 17.6 Å². The van der Waals surface area contributed by atoms with Crippen LogP contribution in [-0.2, 0) is 4.74 Å². The number of rotatable bonds is 7. The van der Waals surface area contributed by atoms with E-state index in [4.69, 9.17) is 9.47 Å². The van der Waals surface area contributed by atoms with E-state index in [0.29, 0.717) is 16.9 Å². The molecule has 4 nitrogen and oxygen atoms in total. The molecule has 2 fully saturated rings. The SMILES string of the molecule is CC(C)(C)SN[C@H]1CC[C@H](CNc2ccc(OC3CCOCC3)cc2)CC1. The minimum absolute atomic E-state index is 0.291. The fourth-order valence-corrected chi connectivity index (χ4v) is 4.40. The van der Waals surface area contributed by atoms with Crippen LogP contribution < -0.4 is 14.8 Å². The maximum absolute atomic E-state index is 6.05. The van der Waals surface area contributed by atoms with Gasteiger partial charge in [-0.1, -0.05) is 11.9 Å². The Bertz CT molecular complexity index is 544. The summed E-state index contributed by atoms with van der Waals surface area (Å²) in [6.07, 6.45) is 7.47. The summed E-state index contributed by atoms with van der Waals surface area (Å²) in [6.45, 7) is 9.49. The average molecular weight is 393 g/mol. The van der Waals surface area contributed by atoms with Crippen molar-refractivity contribution in [3.05, 3.63) is 24.3 Å². The minimum Gasteiger partial charge on any atom is -0.490 e. The molecule has 0 radical (unpaired) electrons. The topological polar surface area (TPSA) is 42.5 Å². The molecule has 0 atom stereocenters. The summed E-state index contributed by atoms with van der Waals surface area (Å²) in [5.74, 6) is 1.75. The van der Waals surface area contributed by atoms with Gasteiger partial charge in [-0.15, -0.1) is 0 Å². The quantitative estimate of drug-likeness (QED) is 0.620. The second-order valence-corrected chi connectivity index (χ2v) is 10.5. The van der Waals surface area contributed by atoms with Gasteiger partial charge >= 0.3 is 0 Å². The number of ether oxygens (including phenoxy) is 2.